The predicted octanol–water partition coefficient (Wildman–Crippen LogP) is 6.33. The number of hydrogen-bond acceptors (Lipinski definition) is 1. The molecule has 0 aromatic heterocycles. The zero-order valence-electron chi connectivity index (χ0n) is 14.5. The van der Waals surface area contributed by atoms with Gasteiger partial charge in [0.1, 0.15) is 23.3 Å². The van der Waals surface area contributed by atoms with E-state index in [2.05, 4.69) is 6.92 Å². The van der Waals surface area contributed by atoms with Crippen molar-refractivity contribution in [1.29, 1.82) is 5.26 Å². The van der Waals surface area contributed by atoms with E-state index >= 15 is 0 Å². The Kier molecular flexibility index (Phi) is 5.54. The first-order chi connectivity index (χ1) is 11.6. The second-order valence-electron chi connectivity index (χ2n) is 7.77. The van der Waals surface area contributed by atoms with E-state index in [1.165, 1.54) is 57.1 Å². The van der Waals surface area contributed by atoms with Gasteiger partial charge in [0, 0.05) is 0 Å². The van der Waals surface area contributed by atoms with Crippen molar-refractivity contribution in [1.82, 2.24) is 0 Å². The molecule has 2 fully saturated rings. The molecule has 1 nitrogen and oxygen atoms in total. The molecule has 0 atom stereocenters. The zero-order chi connectivity index (χ0) is 17.1. The molecular weight excluding hydrogens is 304 g/mol. The van der Waals surface area contributed by atoms with E-state index in [-0.39, 0.29) is 5.92 Å². The lowest BCUT2D eigenvalue weighted by atomic mass is 9.68. The highest BCUT2D eigenvalue weighted by Gasteiger charge is 2.31. The van der Waals surface area contributed by atoms with Crippen molar-refractivity contribution >= 4 is 0 Å². The van der Waals surface area contributed by atoms with Crippen molar-refractivity contribution in [3.05, 3.63) is 34.9 Å². The lowest BCUT2D eigenvalue weighted by Crippen LogP contribution is -2.25. The number of nitriles is 1. The van der Waals surface area contributed by atoms with Crippen molar-refractivity contribution in [3.63, 3.8) is 0 Å². The fraction of sp³-hybridized carbons (Fsp3) is 0.667. The van der Waals surface area contributed by atoms with E-state index in [1.807, 2.05) is 0 Å². The van der Waals surface area contributed by atoms with Crippen LogP contribution in [-0.4, -0.2) is 0 Å². The average Bonchev–Trinajstić information content (AvgIpc) is 2.62. The molecule has 0 unspecified atom stereocenters. The molecule has 0 spiro atoms. The number of rotatable bonds is 3. The molecule has 0 heterocycles. The Morgan fingerprint density at radius 2 is 1.42 bits per heavy atom. The number of nitrogens with zero attached hydrogens (tertiary/aromatic N) is 1. The summed E-state index contributed by atoms with van der Waals surface area (Å²) in [6, 6.07) is 4.35. The van der Waals surface area contributed by atoms with E-state index in [0.717, 1.165) is 36.2 Å². The first-order valence-corrected chi connectivity index (χ1v) is 9.51. The minimum absolute atomic E-state index is 0.241. The first kappa shape index (κ1) is 17.4. The van der Waals surface area contributed by atoms with E-state index in [4.69, 9.17) is 5.26 Å². The van der Waals surface area contributed by atoms with Crippen LogP contribution in [0, 0.1) is 40.7 Å². The maximum atomic E-state index is 13.8. The summed E-state index contributed by atoms with van der Waals surface area (Å²) in [4.78, 5) is 0. The maximum Gasteiger partial charge on any atom is 0.144 e. The minimum Gasteiger partial charge on any atom is -0.205 e. The summed E-state index contributed by atoms with van der Waals surface area (Å²) in [5.41, 5.74) is 0.275. The summed E-state index contributed by atoms with van der Waals surface area (Å²) in [5, 5.41) is 8.79. The summed E-state index contributed by atoms with van der Waals surface area (Å²) in [5.74, 6) is 1.41. The van der Waals surface area contributed by atoms with Gasteiger partial charge in [-0.2, -0.15) is 5.26 Å². The molecule has 130 valence electrons. The predicted molar refractivity (Wildman–Crippen MR) is 91.5 cm³/mol. The monoisotopic (exact) mass is 331 g/mol. The van der Waals surface area contributed by atoms with Gasteiger partial charge in [-0.15, -0.1) is 0 Å². The lowest BCUT2D eigenvalue weighted by Gasteiger charge is -2.38. The largest absolute Gasteiger partial charge is 0.205 e. The van der Waals surface area contributed by atoms with Gasteiger partial charge < -0.3 is 0 Å². The summed E-state index contributed by atoms with van der Waals surface area (Å²) in [6.45, 7) is 2.30. The Morgan fingerprint density at radius 1 is 0.917 bits per heavy atom. The fourth-order valence-electron chi connectivity index (χ4n) is 4.93. The van der Waals surface area contributed by atoms with Gasteiger partial charge >= 0.3 is 0 Å². The molecule has 0 radical (unpaired) electrons. The molecular formula is C21H27F2N. The van der Waals surface area contributed by atoms with Gasteiger partial charge in [0.25, 0.3) is 0 Å². The molecule has 0 amide bonds. The van der Waals surface area contributed by atoms with Gasteiger partial charge in [0.05, 0.1) is 0 Å². The Morgan fingerprint density at radius 3 is 1.88 bits per heavy atom. The van der Waals surface area contributed by atoms with Crippen LogP contribution in [-0.2, 0) is 0 Å². The van der Waals surface area contributed by atoms with E-state index in [1.54, 1.807) is 6.07 Å². The minimum atomic E-state index is -0.715. The Hall–Kier alpha value is -1.43. The Labute approximate surface area is 144 Å². The molecule has 0 aliphatic heterocycles. The number of benzene rings is 1. The Bertz CT molecular complexity index is 580. The van der Waals surface area contributed by atoms with Crippen LogP contribution in [0.5, 0.6) is 0 Å². The summed E-state index contributed by atoms with van der Waals surface area (Å²) < 4.78 is 27.7. The van der Waals surface area contributed by atoms with Crippen LogP contribution in [0.1, 0.15) is 81.8 Å². The van der Waals surface area contributed by atoms with Gasteiger partial charge in [0.15, 0.2) is 0 Å². The third-order valence-electron chi connectivity index (χ3n) is 6.55. The highest BCUT2D eigenvalue weighted by Crippen LogP contribution is 2.44. The van der Waals surface area contributed by atoms with Crippen LogP contribution in [0.25, 0.3) is 0 Å². The summed E-state index contributed by atoms with van der Waals surface area (Å²) in [6.07, 6.45) is 11.2. The average molecular weight is 331 g/mol. The van der Waals surface area contributed by atoms with Gasteiger partial charge in [-0.25, -0.2) is 8.78 Å². The second-order valence-corrected chi connectivity index (χ2v) is 7.77. The van der Waals surface area contributed by atoms with Crippen molar-refractivity contribution in [2.45, 2.75) is 70.6 Å². The highest BCUT2D eigenvalue weighted by atomic mass is 19.1. The standard InChI is InChI=1S/C21H27F2N/c1-2-14-3-5-15(6-4-14)16-7-9-17(10-8-16)18-11-20(22)19(13-24)21(23)12-18/h11-12,14-17H,2-10H2,1H3/t14-,15-,16-,17-. The second kappa shape index (κ2) is 7.64. The molecule has 2 aliphatic carbocycles. The fourth-order valence-corrected chi connectivity index (χ4v) is 4.93. The van der Waals surface area contributed by atoms with Gasteiger partial charge in [-0.1, -0.05) is 26.2 Å². The lowest BCUT2D eigenvalue weighted by molar-refractivity contribution is 0.158. The summed E-state index contributed by atoms with van der Waals surface area (Å²) in [7, 11) is 0. The molecule has 2 aliphatic rings. The third kappa shape index (κ3) is 3.63. The van der Waals surface area contributed by atoms with E-state index < -0.39 is 17.2 Å². The van der Waals surface area contributed by atoms with Crippen LogP contribution >= 0.6 is 0 Å². The highest BCUT2D eigenvalue weighted by molar-refractivity contribution is 5.36. The van der Waals surface area contributed by atoms with Crippen molar-refractivity contribution in [2.24, 2.45) is 17.8 Å². The van der Waals surface area contributed by atoms with Crippen molar-refractivity contribution in [3.8, 4) is 6.07 Å². The van der Waals surface area contributed by atoms with Crippen LogP contribution in [0.2, 0.25) is 0 Å². The quantitative estimate of drug-likeness (QED) is 0.635. The van der Waals surface area contributed by atoms with Crippen molar-refractivity contribution in [2.75, 3.05) is 0 Å². The van der Waals surface area contributed by atoms with E-state index in [0.29, 0.717) is 0 Å². The molecule has 1 aromatic carbocycles. The molecule has 0 N–H and O–H groups in total. The van der Waals surface area contributed by atoms with Gasteiger partial charge in [-0.05, 0) is 79.9 Å². The van der Waals surface area contributed by atoms with Crippen LogP contribution in [0.4, 0.5) is 8.78 Å². The van der Waals surface area contributed by atoms with Crippen LogP contribution < -0.4 is 0 Å². The molecule has 3 heteroatoms. The maximum absolute atomic E-state index is 13.8. The van der Waals surface area contributed by atoms with Crippen molar-refractivity contribution < 1.29 is 8.78 Å². The third-order valence-corrected chi connectivity index (χ3v) is 6.55. The first-order valence-electron chi connectivity index (χ1n) is 9.51. The molecule has 2 saturated carbocycles. The van der Waals surface area contributed by atoms with Crippen LogP contribution in [0.15, 0.2) is 12.1 Å². The number of hydrogen-bond donors (Lipinski definition) is 0. The van der Waals surface area contributed by atoms with E-state index in [9.17, 15) is 8.78 Å². The molecule has 1 aromatic rings. The molecule has 0 bridgehead atoms. The normalized spacial score (nSPS) is 30.8. The zero-order valence-corrected chi connectivity index (χ0v) is 14.5. The SMILES string of the molecule is CC[C@H]1CC[C@H]([C@H]2CC[C@H](c3cc(F)c(C#N)c(F)c3)CC2)CC1. The number of halogens is 2. The van der Waals surface area contributed by atoms with Gasteiger partial charge in [0.2, 0.25) is 0 Å². The molecule has 0 saturated heterocycles. The summed E-state index contributed by atoms with van der Waals surface area (Å²) >= 11 is 0. The Balaban J connectivity index is 1.59. The molecule has 3 rings (SSSR count). The topological polar surface area (TPSA) is 23.8 Å². The smallest absolute Gasteiger partial charge is 0.144 e. The van der Waals surface area contributed by atoms with Crippen LogP contribution in [0.3, 0.4) is 0 Å². The van der Waals surface area contributed by atoms with Gasteiger partial charge in [-0.3, -0.25) is 0 Å². The molecule has 24 heavy (non-hydrogen) atoms.